The van der Waals surface area contributed by atoms with E-state index in [0.29, 0.717) is 24.2 Å². The Kier molecular flexibility index (Phi) is 5.16. The maximum absolute atomic E-state index is 12.0. The van der Waals surface area contributed by atoms with Gasteiger partial charge in [-0.25, -0.2) is 0 Å². The van der Waals surface area contributed by atoms with E-state index in [1.54, 1.807) is 18.2 Å². The molecule has 0 heterocycles. The van der Waals surface area contributed by atoms with Gasteiger partial charge in [-0.1, -0.05) is 29.8 Å². The van der Waals surface area contributed by atoms with E-state index in [4.69, 9.17) is 10.8 Å². The number of aliphatic hydroxyl groups is 1. The molecular formula is C13H19BrN2O2. The number of anilines is 1. The highest BCUT2D eigenvalue weighted by atomic mass is 79.9. The molecule has 0 unspecified atom stereocenters. The zero-order valence-corrected chi connectivity index (χ0v) is 12.3. The number of benzene rings is 1. The second-order valence-electron chi connectivity index (χ2n) is 5.09. The molecule has 0 spiro atoms. The van der Waals surface area contributed by atoms with Crippen LogP contribution in [-0.2, 0) is 0 Å². The van der Waals surface area contributed by atoms with E-state index < -0.39 is 0 Å². The summed E-state index contributed by atoms with van der Waals surface area (Å²) in [5, 5.41) is 11.8. The zero-order chi connectivity index (χ0) is 13.8. The van der Waals surface area contributed by atoms with Gasteiger partial charge in [-0.15, -0.1) is 0 Å². The molecule has 1 rings (SSSR count). The zero-order valence-electron chi connectivity index (χ0n) is 10.7. The predicted octanol–water partition coefficient (Wildman–Crippen LogP) is 2.17. The highest BCUT2D eigenvalue weighted by molar-refractivity contribution is 9.10. The first-order chi connectivity index (χ1) is 8.34. The number of amides is 1. The number of carbonyl (C=O) groups is 1. The van der Waals surface area contributed by atoms with Crippen LogP contribution in [0.2, 0.25) is 0 Å². The highest BCUT2D eigenvalue weighted by Gasteiger charge is 2.18. The first-order valence-electron chi connectivity index (χ1n) is 5.79. The van der Waals surface area contributed by atoms with Crippen molar-refractivity contribution in [2.24, 2.45) is 5.41 Å². The van der Waals surface area contributed by atoms with Crippen molar-refractivity contribution in [3.05, 3.63) is 28.2 Å². The Labute approximate surface area is 116 Å². The fourth-order valence-corrected chi connectivity index (χ4v) is 2.07. The lowest BCUT2D eigenvalue weighted by Gasteiger charge is -2.23. The molecule has 0 saturated carbocycles. The molecule has 100 valence electrons. The number of nitrogens with one attached hydrogen (secondary N) is 1. The Morgan fingerprint density at radius 3 is 2.67 bits per heavy atom. The van der Waals surface area contributed by atoms with Gasteiger partial charge in [0.25, 0.3) is 5.91 Å². The third kappa shape index (κ3) is 4.66. The summed E-state index contributed by atoms with van der Waals surface area (Å²) in [6.07, 6.45) is 0.647. The SMILES string of the molecule is CC(C)(CCO)CNC(=O)c1cc(N)cc(Br)c1. The van der Waals surface area contributed by atoms with E-state index in [9.17, 15) is 4.79 Å². The minimum Gasteiger partial charge on any atom is -0.399 e. The number of aliphatic hydroxyl groups excluding tert-OH is 1. The first-order valence-corrected chi connectivity index (χ1v) is 6.58. The summed E-state index contributed by atoms with van der Waals surface area (Å²) in [4.78, 5) is 12.0. The molecular weight excluding hydrogens is 296 g/mol. The highest BCUT2D eigenvalue weighted by Crippen LogP contribution is 2.20. The Morgan fingerprint density at radius 1 is 1.44 bits per heavy atom. The van der Waals surface area contributed by atoms with Crippen molar-refractivity contribution in [1.29, 1.82) is 0 Å². The number of nitrogen functional groups attached to an aromatic ring is 1. The van der Waals surface area contributed by atoms with Crippen LogP contribution in [0.4, 0.5) is 5.69 Å². The molecule has 18 heavy (non-hydrogen) atoms. The van der Waals surface area contributed by atoms with Gasteiger partial charge in [0.2, 0.25) is 0 Å². The molecule has 0 aliphatic heterocycles. The van der Waals surface area contributed by atoms with Gasteiger partial charge in [0, 0.05) is 28.9 Å². The van der Waals surface area contributed by atoms with Crippen molar-refractivity contribution >= 4 is 27.5 Å². The van der Waals surface area contributed by atoms with E-state index in [0.717, 1.165) is 4.47 Å². The molecule has 1 aromatic carbocycles. The Bertz CT molecular complexity index is 413. The van der Waals surface area contributed by atoms with E-state index >= 15 is 0 Å². The van der Waals surface area contributed by atoms with Gasteiger partial charge >= 0.3 is 0 Å². The molecule has 0 aromatic heterocycles. The molecule has 4 nitrogen and oxygen atoms in total. The molecule has 1 aromatic rings. The van der Waals surface area contributed by atoms with Crippen LogP contribution in [0.15, 0.2) is 22.7 Å². The lowest BCUT2D eigenvalue weighted by molar-refractivity contribution is 0.0928. The topological polar surface area (TPSA) is 75.3 Å². The van der Waals surface area contributed by atoms with Gasteiger partial charge in [-0.3, -0.25) is 4.79 Å². The summed E-state index contributed by atoms with van der Waals surface area (Å²) >= 11 is 3.30. The fraction of sp³-hybridized carbons (Fsp3) is 0.462. The molecule has 4 N–H and O–H groups in total. The van der Waals surface area contributed by atoms with Crippen molar-refractivity contribution in [2.75, 3.05) is 18.9 Å². The van der Waals surface area contributed by atoms with Gasteiger partial charge in [0.05, 0.1) is 0 Å². The molecule has 1 amide bonds. The summed E-state index contributed by atoms with van der Waals surface area (Å²) in [6, 6.07) is 5.11. The molecule has 0 aliphatic rings. The Balaban J connectivity index is 2.66. The Morgan fingerprint density at radius 2 is 2.11 bits per heavy atom. The van der Waals surface area contributed by atoms with Crippen molar-refractivity contribution in [3.63, 3.8) is 0 Å². The smallest absolute Gasteiger partial charge is 0.251 e. The lowest BCUT2D eigenvalue weighted by Crippen LogP contribution is -2.34. The normalized spacial score (nSPS) is 11.3. The summed E-state index contributed by atoms with van der Waals surface area (Å²) < 4.78 is 0.780. The maximum atomic E-state index is 12.0. The van der Waals surface area contributed by atoms with E-state index in [1.165, 1.54) is 0 Å². The minimum absolute atomic E-state index is 0.118. The standard InChI is InChI=1S/C13H19BrN2O2/c1-13(2,3-4-17)8-16-12(18)9-5-10(14)7-11(15)6-9/h5-7,17H,3-4,8,15H2,1-2H3,(H,16,18). The molecule has 0 saturated heterocycles. The average Bonchev–Trinajstić information content (AvgIpc) is 2.24. The maximum Gasteiger partial charge on any atom is 0.251 e. The molecule has 5 heteroatoms. The molecule has 0 radical (unpaired) electrons. The summed E-state index contributed by atoms with van der Waals surface area (Å²) in [6.45, 7) is 4.63. The summed E-state index contributed by atoms with van der Waals surface area (Å²) in [5.41, 5.74) is 6.64. The van der Waals surface area contributed by atoms with E-state index in [1.807, 2.05) is 13.8 Å². The van der Waals surface area contributed by atoms with Crippen LogP contribution in [0, 0.1) is 5.41 Å². The van der Waals surface area contributed by atoms with Crippen molar-refractivity contribution in [1.82, 2.24) is 5.32 Å². The number of nitrogens with two attached hydrogens (primary N) is 1. The largest absolute Gasteiger partial charge is 0.399 e. The number of hydrogen-bond donors (Lipinski definition) is 3. The van der Waals surface area contributed by atoms with Crippen LogP contribution in [0.25, 0.3) is 0 Å². The van der Waals surface area contributed by atoms with E-state index in [2.05, 4.69) is 21.2 Å². The van der Waals surface area contributed by atoms with E-state index in [-0.39, 0.29) is 17.9 Å². The van der Waals surface area contributed by atoms with Crippen molar-refractivity contribution in [3.8, 4) is 0 Å². The van der Waals surface area contributed by atoms with Crippen molar-refractivity contribution < 1.29 is 9.90 Å². The van der Waals surface area contributed by atoms with Gasteiger partial charge in [-0.05, 0) is 30.0 Å². The van der Waals surface area contributed by atoms with Crippen LogP contribution in [-0.4, -0.2) is 24.2 Å². The second kappa shape index (κ2) is 6.20. The van der Waals surface area contributed by atoms with Crippen LogP contribution < -0.4 is 11.1 Å². The number of carbonyl (C=O) groups excluding carboxylic acids is 1. The summed E-state index contributed by atoms with van der Waals surface area (Å²) in [5.74, 6) is -0.158. The number of halogens is 1. The monoisotopic (exact) mass is 314 g/mol. The van der Waals surface area contributed by atoms with Gasteiger partial charge in [0.15, 0.2) is 0 Å². The quantitative estimate of drug-likeness (QED) is 0.729. The van der Waals surface area contributed by atoms with Crippen LogP contribution in [0.3, 0.4) is 0 Å². The van der Waals surface area contributed by atoms with Crippen LogP contribution in [0.1, 0.15) is 30.6 Å². The third-order valence-electron chi connectivity index (χ3n) is 2.70. The van der Waals surface area contributed by atoms with Gasteiger partial charge < -0.3 is 16.2 Å². The second-order valence-corrected chi connectivity index (χ2v) is 6.01. The van der Waals surface area contributed by atoms with Gasteiger partial charge in [0.1, 0.15) is 0 Å². The fourth-order valence-electron chi connectivity index (χ4n) is 1.56. The lowest BCUT2D eigenvalue weighted by atomic mass is 9.89. The molecule has 0 aliphatic carbocycles. The minimum atomic E-state index is -0.158. The molecule has 0 fully saturated rings. The predicted molar refractivity (Wildman–Crippen MR) is 76.4 cm³/mol. The third-order valence-corrected chi connectivity index (χ3v) is 3.16. The number of rotatable bonds is 5. The molecule has 0 atom stereocenters. The number of hydrogen-bond acceptors (Lipinski definition) is 3. The molecule has 0 bridgehead atoms. The van der Waals surface area contributed by atoms with Crippen LogP contribution >= 0.6 is 15.9 Å². The summed E-state index contributed by atoms with van der Waals surface area (Å²) in [7, 11) is 0. The Hall–Kier alpha value is -1.07. The van der Waals surface area contributed by atoms with Crippen LogP contribution in [0.5, 0.6) is 0 Å². The first kappa shape index (κ1) is 15.0. The van der Waals surface area contributed by atoms with Crippen molar-refractivity contribution in [2.45, 2.75) is 20.3 Å². The average molecular weight is 315 g/mol. The van der Waals surface area contributed by atoms with Gasteiger partial charge in [-0.2, -0.15) is 0 Å².